The zero-order chi connectivity index (χ0) is 17.2. The number of β-amino-alcohol motifs (C(OH)–C–C–N with tert-alkyl or cyclic N) is 1. The highest BCUT2D eigenvalue weighted by atomic mass is 16.3. The molecule has 1 aromatic carbocycles. The van der Waals surface area contributed by atoms with Crippen LogP contribution in [0.1, 0.15) is 29.8 Å². The second-order valence-corrected chi connectivity index (χ2v) is 7.02. The Labute approximate surface area is 147 Å². The Balaban J connectivity index is 1.25. The minimum Gasteiger partial charge on any atom is -0.469 e. The van der Waals surface area contributed by atoms with Crippen molar-refractivity contribution in [3.05, 3.63) is 60.1 Å². The zero-order valence-electron chi connectivity index (χ0n) is 14.3. The molecule has 0 spiro atoms. The minimum absolute atomic E-state index is 0.0904. The number of aliphatic hydroxyl groups excluding tert-OH is 1. The summed E-state index contributed by atoms with van der Waals surface area (Å²) in [6, 6.07) is 13.6. The highest BCUT2D eigenvalue weighted by Gasteiger charge is 2.47. The Kier molecular flexibility index (Phi) is 4.59. The van der Waals surface area contributed by atoms with E-state index < -0.39 is 6.10 Å². The van der Waals surface area contributed by atoms with Gasteiger partial charge in [0.15, 0.2) is 0 Å². The SMILES string of the molecule is O=C([C@@H]1C[C@H]1c1ccco1)N1CCN(C[C@@H](O)c2ccccc2)CC1. The van der Waals surface area contributed by atoms with Crippen LogP contribution in [-0.2, 0) is 4.79 Å². The summed E-state index contributed by atoms with van der Waals surface area (Å²) < 4.78 is 5.42. The molecular formula is C20H24N2O3. The maximum Gasteiger partial charge on any atom is 0.226 e. The van der Waals surface area contributed by atoms with Crippen molar-refractivity contribution in [1.29, 1.82) is 0 Å². The number of benzene rings is 1. The molecule has 0 unspecified atom stereocenters. The number of hydrogen-bond acceptors (Lipinski definition) is 4. The fraction of sp³-hybridized carbons (Fsp3) is 0.450. The van der Waals surface area contributed by atoms with Crippen molar-refractivity contribution in [3.63, 3.8) is 0 Å². The molecule has 132 valence electrons. The lowest BCUT2D eigenvalue weighted by atomic mass is 10.1. The fourth-order valence-electron chi connectivity index (χ4n) is 3.70. The molecule has 2 aliphatic rings. The smallest absolute Gasteiger partial charge is 0.226 e. The van der Waals surface area contributed by atoms with E-state index in [0.717, 1.165) is 43.9 Å². The van der Waals surface area contributed by atoms with Gasteiger partial charge >= 0.3 is 0 Å². The molecule has 3 atom stereocenters. The Bertz CT molecular complexity index is 693. The Morgan fingerprint density at radius 3 is 2.56 bits per heavy atom. The molecule has 2 heterocycles. The van der Waals surface area contributed by atoms with Gasteiger partial charge in [0.05, 0.1) is 12.4 Å². The van der Waals surface area contributed by atoms with E-state index >= 15 is 0 Å². The molecule has 0 radical (unpaired) electrons. The van der Waals surface area contributed by atoms with Gasteiger partial charge in [-0.1, -0.05) is 30.3 Å². The molecule has 0 bridgehead atoms. The summed E-state index contributed by atoms with van der Waals surface area (Å²) in [5.74, 6) is 1.54. The van der Waals surface area contributed by atoms with Crippen LogP contribution in [-0.4, -0.2) is 53.5 Å². The molecule has 2 fully saturated rings. The van der Waals surface area contributed by atoms with Gasteiger partial charge in [-0.2, -0.15) is 0 Å². The van der Waals surface area contributed by atoms with Crippen LogP contribution in [0.25, 0.3) is 0 Å². The summed E-state index contributed by atoms with van der Waals surface area (Å²) in [6.07, 6.45) is 2.10. The maximum atomic E-state index is 12.6. The second kappa shape index (κ2) is 7.02. The number of nitrogens with zero attached hydrogens (tertiary/aromatic N) is 2. The van der Waals surface area contributed by atoms with Gasteiger partial charge in [0, 0.05) is 44.6 Å². The van der Waals surface area contributed by atoms with E-state index in [0.29, 0.717) is 6.54 Å². The molecule has 5 nitrogen and oxygen atoms in total. The predicted molar refractivity (Wildman–Crippen MR) is 94.0 cm³/mol. The standard InChI is InChI=1S/C20H24N2O3/c23-18(15-5-2-1-3-6-15)14-21-8-10-22(11-9-21)20(24)17-13-16(17)19-7-4-12-25-19/h1-7,12,16-18,23H,8-11,13-14H2/t16-,17-,18-/m1/s1. The molecule has 5 heteroatoms. The van der Waals surface area contributed by atoms with Crippen LogP contribution in [0.4, 0.5) is 0 Å². The summed E-state index contributed by atoms with van der Waals surface area (Å²) in [7, 11) is 0. The van der Waals surface area contributed by atoms with E-state index in [1.807, 2.05) is 47.4 Å². The van der Waals surface area contributed by atoms with Crippen molar-refractivity contribution in [2.45, 2.75) is 18.4 Å². The molecule has 25 heavy (non-hydrogen) atoms. The van der Waals surface area contributed by atoms with E-state index in [9.17, 15) is 9.90 Å². The highest BCUT2D eigenvalue weighted by molar-refractivity contribution is 5.83. The first kappa shape index (κ1) is 16.4. The van der Waals surface area contributed by atoms with Gasteiger partial charge in [-0.05, 0) is 24.1 Å². The largest absolute Gasteiger partial charge is 0.469 e. The van der Waals surface area contributed by atoms with Crippen molar-refractivity contribution in [1.82, 2.24) is 9.80 Å². The van der Waals surface area contributed by atoms with Crippen LogP contribution in [0, 0.1) is 5.92 Å². The lowest BCUT2D eigenvalue weighted by molar-refractivity contribution is -0.134. The maximum absolute atomic E-state index is 12.6. The number of hydrogen-bond donors (Lipinski definition) is 1. The summed E-state index contributed by atoms with van der Waals surface area (Å²) >= 11 is 0. The van der Waals surface area contributed by atoms with Gasteiger partial charge in [0.1, 0.15) is 5.76 Å². The highest BCUT2D eigenvalue weighted by Crippen LogP contribution is 2.48. The fourth-order valence-corrected chi connectivity index (χ4v) is 3.70. The van der Waals surface area contributed by atoms with Crippen molar-refractivity contribution >= 4 is 5.91 Å². The summed E-state index contributed by atoms with van der Waals surface area (Å²) in [5.41, 5.74) is 0.945. The first-order valence-corrected chi connectivity index (χ1v) is 9.00. The molecule has 1 saturated carbocycles. The van der Waals surface area contributed by atoms with Crippen LogP contribution in [0.15, 0.2) is 53.1 Å². The number of rotatable bonds is 5. The monoisotopic (exact) mass is 340 g/mol. The topological polar surface area (TPSA) is 56.9 Å². The molecule has 4 rings (SSSR count). The average Bonchev–Trinajstić information content (AvgIpc) is 3.27. The van der Waals surface area contributed by atoms with Gasteiger partial charge in [-0.15, -0.1) is 0 Å². The number of amides is 1. The number of piperazine rings is 1. The Morgan fingerprint density at radius 2 is 1.88 bits per heavy atom. The summed E-state index contributed by atoms with van der Waals surface area (Å²) in [4.78, 5) is 16.8. The van der Waals surface area contributed by atoms with Gasteiger partial charge in [-0.25, -0.2) is 0 Å². The third-order valence-electron chi connectivity index (χ3n) is 5.32. The van der Waals surface area contributed by atoms with Crippen LogP contribution in [0.5, 0.6) is 0 Å². The lowest BCUT2D eigenvalue weighted by Gasteiger charge is -2.35. The predicted octanol–water partition coefficient (Wildman–Crippen LogP) is 2.26. The summed E-state index contributed by atoms with van der Waals surface area (Å²) in [5, 5.41) is 10.4. The van der Waals surface area contributed by atoms with E-state index in [1.165, 1.54) is 0 Å². The van der Waals surface area contributed by atoms with E-state index in [2.05, 4.69) is 4.90 Å². The lowest BCUT2D eigenvalue weighted by Crippen LogP contribution is -2.50. The summed E-state index contributed by atoms with van der Waals surface area (Å²) in [6.45, 7) is 3.72. The van der Waals surface area contributed by atoms with Crippen molar-refractivity contribution in [3.8, 4) is 0 Å². The molecule has 1 aliphatic heterocycles. The van der Waals surface area contributed by atoms with E-state index in [4.69, 9.17) is 4.42 Å². The number of carbonyl (C=O) groups is 1. The Morgan fingerprint density at radius 1 is 1.12 bits per heavy atom. The van der Waals surface area contributed by atoms with Gasteiger partial charge < -0.3 is 14.4 Å². The third kappa shape index (κ3) is 3.62. The van der Waals surface area contributed by atoms with E-state index in [-0.39, 0.29) is 17.7 Å². The third-order valence-corrected chi connectivity index (χ3v) is 5.32. The molecule has 1 saturated heterocycles. The first-order chi connectivity index (χ1) is 12.2. The molecular weight excluding hydrogens is 316 g/mol. The van der Waals surface area contributed by atoms with Crippen LogP contribution < -0.4 is 0 Å². The van der Waals surface area contributed by atoms with Crippen molar-refractivity contribution < 1.29 is 14.3 Å². The van der Waals surface area contributed by atoms with Crippen LogP contribution in [0.3, 0.4) is 0 Å². The zero-order valence-corrected chi connectivity index (χ0v) is 14.3. The van der Waals surface area contributed by atoms with Crippen LogP contribution >= 0.6 is 0 Å². The Hall–Kier alpha value is -2.11. The minimum atomic E-state index is -0.477. The van der Waals surface area contributed by atoms with Gasteiger partial charge in [-0.3, -0.25) is 9.69 Å². The van der Waals surface area contributed by atoms with Gasteiger partial charge in [0.25, 0.3) is 0 Å². The van der Waals surface area contributed by atoms with E-state index in [1.54, 1.807) is 6.26 Å². The van der Waals surface area contributed by atoms with Gasteiger partial charge in [0.2, 0.25) is 5.91 Å². The van der Waals surface area contributed by atoms with Crippen molar-refractivity contribution in [2.75, 3.05) is 32.7 Å². The number of carbonyl (C=O) groups excluding carboxylic acids is 1. The molecule has 1 amide bonds. The van der Waals surface area contributed by atoms with Crippen molar-refractivity contribution in [2.24, 2.45) is 5.92 Å². The quantitative estimate of drug-likeness (QED) is 0.907. The molecule has 2 aromatic rings. The first-order valence-electron chi connectivity index (χ1n) is 9.00. The molecule has 1 N–H and O–H groups in total. The number of furan rings is 1. The van der Waals surface area contributed by atoms with Crippen LogP contribution in [0.2, 0.25) is 0 Å². The number of aliphatic hydroxyl groups is 1. The average molecular weight is 340 g/mol. The normalized spacial score (nSPS) is 24.9. The second-order valence-electron chi connectivity index (χ2n) is 7.02. The molecule has 1 aliphatic carbocycles. The molecule has 1 aromatic heterocycles.